The summed E-state index contributed by atoms with van der Waals surface area (Å²) in [6.07, 6.45) is 0.562. The van der Waals surface area contributed by atoms with Gasteiger partial charge in [0.2, 0.25) is 0 Å². The predicted octanol–water partition coefficient (Wildman–Crippen LogP) is 2.08. The Kier molecular flexibility index (Phi) is 4.01. The Hall–Kier alpha value is -1.33. The maximum absolute atomic E-state index is 8.44. The van der Waals surface area contributed by atoms with Gasteiger partial charge in [-0.3, -0.25) is 0 Å². The molecule has 0 aliphatic carbocycles. The van der Waals surface area contributed by atoms with E-state index in [1.807, 2.05) is 25.1 Å². The highest BCUT2D eigenvalue weighted by Gasteiger charge is 1.98. The first kappa shape index (κ1) is 9.76. The molecule has 13 heavy (non-hydrogen) atoms. The molecular formula is C11H14N2. The van der Waals surface area contributed by atoms with Crippen LogP contribution in [0.2, 0.25) is 0 Å². The molecule has 1 atom stereocenters. The highest BCUT2D eigenvalue weighted by molar-refractivity contribution is 5.14. The van der Waals surface area contributed by atoms with Crippen LogP contribution >= 0.6 is 0 Å². The van der Waals surface area contributed by atoms with E-state index in [2.05, 4.69) is 23.5 Å². The normalized spacial score (nSPS) is 12.0. The fraction of sp³-hybridized carbons (Fsp3) is 0.364. The molecule has 2 nitrogen and oxygen atoms in total. The lowest BCUT2D eigenvalue weighted by Crippen LogP contribution is -2.24. The monoisotopic (exact) mass is 174 g/mol. The van der Waals surface area contributed by atoms with E-state index in [4.69, 9.17) is 5.26 Å². The predicted molar refractivity (Wildman–Crippen MR) is 53.0 cm³/mol. The number of benzene rings is 1. The standard InChI is InChI=1S/C11H14N2/c1-10(7-8-12)13-9-11-5-3-2-4-6-11/h2-6,10,13H,7,9H2,1H3. The number of hydrogen-bond acceptors (Lipinski definition) is 2. The van der Waals surface area contributed by atoms with Crippen molar-refractivity contribution < 1.29 is 0 Å². The van der Waals surface area contributed by atoms with Gasteiger partial charge in [0.1, 0.15) is 0 Å². The minimum atomic E-state index is 0.269. The summed E-state index contributed by atoms with van der Waals surface area (Å²) in [5.74, 6) is 0. The highest BCUT2D eigenvalue weighted by Crippen LogP contribution is 1.98. The topological polar surface area (TPSA) is 35.8 Å². The highest BCUT2D eigenvalue weighted by atomic mass is 14.9. The SMILES string of the molecule is CC(CC#N)NCc1ccccc1. The van der Waals surface area contributed by atoms with Crippen molar-refractivity contribution in [2.24, 2.45) is 0 Å². The van der Waals surface area contributed by atoms with E-state index in [-0.39, 0.29) is 6.04 Å². The van der Waals surface area contributed by atoms with Crippen LogP contribution in [0.25, 0.3) is 0 Å². The molecule has 0 heterocycles. The second-order valence-corrected chi connectivity index (χ2v) is 3.13. The largest absolute Gasteiger partial charge is 0.309 e. The molecule has 0 aliphatic rings. The Morgan fingerprint density at radius 3 is 2.69 bits per heavy atom. The van der Waals surface area contributed by atoms with Gasteiger partial charge in [0, 0.05) is 12.6 Å². The van der Waals surface area contributed by atoms with Crippen molar-refractivity contribution >= 4 is 0 Å². The molecule has 0 aromatic heterocycles. The summed E-state index contributed by atoms with van der Waals surface area (Å²) in [5, 5.41) is 11.7. The summed E-state index contributed by atoms with van der Waals surface area (Å²) in [6.45, 7) is 2.86. The van der Waals surface area contributed by atoms with Crippen molar-refractivity contribution in [3.63, 3.8) is 0 Å². The number of rotatable bonds is 4. The number of hydrogen-bond donors (Lipinski definition) is 1. The zero-order valence-electron chi connectivity index (χ0n) is 7.83. The van der Waals surface area contributed by atoms with Crippen LogP contribution in [-0.2, 0) is 6.54 Å². The first-order valence-electron chi connectivity index (χ1n) is 4.47. The summed E-state index contributed by atoms with van der Waals surface area (Å²) < 4.78 is 0. The average molecular weight is 174 g/mol. The van der Waals surface area contributed by atoms with Crippen LogP contribution in [0.1, 0.15) is 18.9 Å². The Bertz CT molecular complexity index is 274. The van der Waals surface area contributed by atoms with E-state index in [9.17, 15) is 0 Å². The first-order chi connectivity index (χ1) is 6.33. The van der Waals surface area contributed by atoms with Gasteiger partial charge in [0.15, 0.2) is 0 Å². The maximum Gasteiger partial charge on any atom is 0.0638 e. The van der Waals surface area contributed by atoms with Gasteiger partial charge in [-0.1, -0.05) is 30.3 Å². The molecular weight excluding hydrogens is 160 g/mol. The van der Waals surface area contributed by atoms with Crippen molar-refractivity contribution in [2.75, 3.05) is 0 Å². The molecule has 2 heteroatoms. The van der Waals surface area contributed by atoms with Gasteiger partial charge < -0.3 is 5.32 Å². The Labute approximate surface area is 79.2 Å². The van der Waals surface area contributed by atoms with Crippen LogP contribution < -0.4 is 5.32 Å². The van der Waals surface area contributed by atoms with Crippen molar-refractivity contribution in [1.29, 1.82) is 5.26 Å². The quantitative estimate of drug-likeness (QED) is 0.758. The average Bonchev–Trinajstić information content (AvgIpc) is 2.17. The molecule has 0 amide bonds. The third kappa shape index (κ3) is 3.73. The van der Waals surface area contributed by atoms with Gasteiger partial charge in [0.25, 0.3) is 0 Å². The Morgan fingerprint density at radius 2 is 2.08 bits per heavy atom. The number of nitrogens with zero attached hydrogens (tertiary/aromatic N) is 1. The zero-order chi connectivity index (χ0) is 9.52. The smallest absolute Gasteiger partial charge is 0.0638 e. The van der Waals surface area contributed by atoms with Gasteiger partial charge in [-0.2, -0.15) is 5.26 Å². The second-order valence-electron chi connectivity index (χ2n) is 3.13. The van der Waals surface area contributed by atoms with E-state index in [1.54, 1.807) is 0 Å². The van der Waals surface area contributed by atoms with Crippen LogP contribution in [0.5, 0.6) is 0 Å². The number of nitriles is 1. The van der Waals surface area contributed by atoms with Crippen LogP contribution in [0, 0.1) is 11.3 Å². The summed E-state index contributed by atoms with van der Waals surface area (Å²) in [7, 11) is 0. The van der Waals surface area contributed by atoms with E-state index in [1.165, 1.54) is 5.56 Å². The molecule has 0 radical (unpaired) electrons. The second kappa shape index (κ2) is 5.34. The van der Waals surface area contributed by atoms with Crippen LogP contribution in [0.15, 0.2) is 30.3 Å². The van der Waals surface area contributed by atoms with Gasteiger partial charge in [-0.25, -0.2) is 0 Å². The molecule has 1 aromatic carbocycles. The summed E-state index contributed by atoms with van der Waals surface area (Å²) in [4.78, 5) is 0. The Balaban J connectivity index is 2.32. The summed E-state index contributed by atoms with van der Waals surface area (Å²) in [5.41, 5.74) is 1.26. The molecule has 1 N–H and O–H groups in total. The molecule has 0 saturated heterocycles. The summed E-state index contributed by atoms with van der Waals surface area (Å²) >= 11 is 0. The van der Waals surface area contributed by atoms with Crippen LogP contribution in [-0.4, -0.2) is 6.04 Å². The third-order valence-electron chi connectivity index (χ3n) is 1.89. The van der Waals surface area contributed by atoms with Crippen molar-refractivity contribution in [3.05, 3.63) is 35.9 Å². The lowest BCUT2D eigenvalue weighted by molar-refractivity contribution is 0.557. The molecule has 0 spiro atoms. The lowest BCUT2D eigenvalue weighted by Gasteiger charge is -2.09. The van der Waals surface area contributed by atoms with Gasteiger partial charge >= 0.3 is 0 Å². The van der Waals surface area contributed by atoms with Gasteiger partial charge in [-0.15, -0.1) is 0 Å². The number of nitrogens with one attached hydrogen (secondary N) is 1. The fourth-order valence-corrected chi connectivity index (χ4v) is 1.10. The molecule has 0 bridgehead atoms. The third-order valence-corrected chi connectivity index (χ3v) is 1.89. The lowest BCUT2D eigenvalue weighted by atomic mass is 10.2. The first-order valence-corrected chi connectivity index (χ1v) is 4.47. The summed E-state index contributed by atoms with van der Waals surface area (Å²) in [6, 6.07) is 12.6. The Morgan fingerprint density at radius 1 is 1.38 bits per heavy atom. The van der Waals surface area contributed by atoms with E-state index >= 15 is 0 Å². The molecule has 0 aliphatic heterocycles. The molecule has 68 valence electrons. The zero-order valence-corrected chi connectivity index (χ0v) is 7.83. The molecule has 0 saturated carbocycles. The van der Waals surface area contributed by atoms with E-state index in [0.717, 1.165) is 6.54 Å². The molecule has 1 rings (SSSR count). The van der Waals surface area contributed by atoms with Gasteiger partial charge in [0.05, 0.1) is 12.5 Å². The van der Waals surface area contributed by atoms with Gasteiger partial charge in [-0.05, 0) is 12.5 Å². The van der Waals surface area contributed by atoms with Crippen molar-refractivity contribution in [3.8, 4) is 6.07 Å². The van der Waals surface area contributed by atoms with E-state index in [0.29, 0.717) is 6.42 Å². The molecule has 1 aromatic rings. The molecule has 0 fully saturated rings. The fourth-order valence-electron chi connectivity index (χ4n) is 1.10. The van der Waals surface area contributed by atoms with Crippen molar-refractivity contribution in [2.45, 2.75) is 25.9 Å². The molecule has 1 unspecified atom stereocenters. The maximum atomic E-state index is 8.44. The minimum Gasteiger partial charge on any atom is -0.309 e. The minimum absolute atomic E-state index is 0.269. The van der Waals surface area contributed by atoms with E-state index < -0.39 is 0 Å². The van der Waals surface area contributed by atoms with Crippen LogP contribution in [0.4, 0.5) is 0 Å². The van der Waals surface area contributed by atoms with Crippen molar-refractivity contribution in [1.82, 2.24) is 5.32 Å². The van der Waals surface area contributed by atoms with Crippen LogP contribution in [0.3, 0.4) is 0 Å².